The smallest absolute Gasteiger partial charge is 0.789 e. The summed E-state index contributed by atoms with van der Waals surface area (Å²) in [6.45, 7) is -2.00. The molecule has 0 radical (unpaired) electrons. The molecule has 48 heavy (non-hydrogen) atoms. The minimum Gasteiger partial charge on any atom is -0.789 e. The molecule has 0 bridgehead atoms. The minimum atomic E-state index is -6.07. The molecule has 0 saturated carbocycles. The van der Waals surface area contributed by atoms with Crippen LogP contribution in [0.3, 0.4) is 0 Å². The first-order valence-corrected chi connectivity index (χ1v) is 15.9. The number of aromatic nitrogens is 8. The number of nitrogens with two attached hydrogens (primary N) is 1. The van der Waals surface area contributed by atoms with Crippen molar-refractivity contribution >= 4 is 43.9 Å². The van der Waals surface area contributed by atoms with E-state index in [2.05, 4.69) is 34.2 Å². The average molecular weight is 737 g/mol. The molecule has 6 rings (SSSR count). The fourth-order valence-electron chi connectivity index (χ4n) is 4.91. The summed E-state index contributed by atoms with van der Waals surface area (Å²) in [6, 6.07) is 0. The maximum atomic E-state index is 13.2. The molecule has 24 nitrogen and oxygen atoms in total. The number of aliphatic hydroxyl groups excluding tert-OH is 4. The third-order valence-electron chi connectivity index (χ3n) is 7.03. The number of H-pyrrole nitrogens is 2. The van der Waals surface area contributed by atoms with Gasteiger partial charge >= 0.3 is 66.9 Å². The summed E-state index contributed by atoms with van der Waals surface area (Å²) in [5.41, 5.74) is 3.82. The van der Waals surface area contributed by atoms with Gasteiger partial charge in [-0.1, -0.05) is 0 Å². The van der Waals surface area contributed by atoms with E-state index in [9.17, 15) is 48.9 Å². The van der Waals surface area contributed by atoms with Gasteiger partial charge in [-0.15, -0.1) is 0 Å². The summed E-state index contributed by atoms with van der Waals surface area (Å²) in [5.74, 6) is -0.289. The molecule has 2 fully saturated rings. The summed E-state index contributed by atoms with van der Waals surface area (Å²) < 4.78 is 51.9. The molecule has 9 atom stereocenters. The van der Waals surface area contributed by atoms with Crippen molar-refractivity contribution in [2.24, 2.45) is 0 Å². The monoisotopic (exact) mass is 737 g/mol. The predicted molar refractivity (Wildman–Crippen MR) is 141 cm³/mol. The van der Waals surface area contributed by atoms with E-state index in [0.717, 1.165) is 28.1 Å². The number of fused-ring (bicyclic) bond motifs is 2. The number of nitrogens with one attached hydrogen (secondary N) is 2. The molecule has 2 aliphatic rings. The van der Waals surface area contributed by atoms with Crippen molar-refractivity contribution in [3.63, 3.8) is 0 Å². The predicted octanol–water partition coefficient (Wildman–Crippen LogP) is -10.9. The Morgan fingerprint density at radius 2 is 1.33 bits per heavy atom. The first kappa shape index (κ1) is 39.3. The number of imidazole rings is 2. The normalized spacial score (nSPS) is 28.7. The molecular formula is C20H23N9Na2O15P2. The summed E-state index contributed by atoms with van der Waals surface area (Å²) in [6.07, 6.45) is -9.74. The van der Waals surface area contributed by atoms with Crippen molar-refractivity contribution in [2.45, 2.75) is 49.1 Å². The number of ether oxygens (including phenoxy) is 2. The quantitative estimate of drug-likeness (QED) is 0.0586. The first-order valence-electron chi connectivity index (χ1n) is 12.9. The van der Waals surface area contributed by atoms with Gasteiger partial charge in [-0.2, -0.15) is 4.98 Å². The molecular weight excluding hydrogens is 714 g/mol. The molecule has 250 valence electrons. The van der Waals surface area contributed by atoms with Crippen LogP contribution < -0.4 is 85.8 Å². The van der Waals surface area contributed by atoms with Crippen LogP contribution in [0.2, 0.25) is 0 Å². The van der Waals surface area contributed by atoms with Gasteiger partial charge in [0.15, 0.2) is 34.8 Å². The molecule has 1 unspecified atom stereocenters. The molecule has 4 aromatic heterocycles. The van der Waals surface area contributed by atoms with E-state index in [-0.39, 0.29) is 87.4 Å². The molecule has 6 heterocycles. The van der Waals surface area contributed by atoms with Gasteiger partial charge in [0.2, 0.25) is 5.95 Å². The molecule has 28 heteroatoms. The SMILES string of the molecule is Nc1nc2c(ncn2[C@@H]2O[C@H](COP(=O)(OC[C@H]3O[C@@H](n4cnc5c(=O)[nH]cnc54)[C@H](O)[C@@H]3O)OP(=O)([O-])[O-])[C@@H](O)[C@H]2O)c(=O)[nH]1.[Na+].[Na+]. The van der Waals surface area contributed by atoms with Gasteiger partial charge in [0, 0.05) is 0 Å². The molecule has 8 N–H and O–H groups in total. The maximum Gasteiger partial charge on any atom is 1.00 e. The van der Waals surface area contributed by atoms with Crippen LogP contribution in [0.15, 0.2) is 28.6 Å². The molecule has 0 aromatic carbocycles. The van der Waals surface area contributed by atoms with Gasteiger partial charge in [-0.05, 0) is 0 Å². The van der Waals surface area contributed by atoms with Crippen molar-refractivity contribution in [1.82, 2.24) is 39.0 Å². The number of nitrogen functional groups attached to an aromatic ring is 1. The second-order valence-corrected chi connectivity index (χ2v) is 12.9. The Labute approximate surface area is 310 Å². The Morgan fingerprint density at radius 1 is 0.833 bits per heavy atom. The summed E-state index contributed by atoms with van der Waals surface area (Å²) in [7, 11) is -11.5. The van der Waals surface area contributed by atoms with Gasteiger partial charge in [0.25, 0.3) is 11.1 Å². The van der Waals surface area contributed by atoms with Gasteiger partial charge in [0.05, 0.1) is 40.0 Å². The Bertz CT molecular complexity index is 1990. The fourth-order valence-corrected chi connectivity index (χ4v) is 7.00. The van der Waals surface area contributed by atoms with Gasteiger partial charge in [-0.3, -0.25) is 37.1 Å². The van der Waals surface area contributed by atoms with Gasteiger partial charge < -0.3 is 55.0 Å². The fraction of sp³-hybridized carbons (Fsp3) is 0.500. The van der Waals surface area contributed by atoms with Gasteiger partial charge in [-0.25, -0.2) is 19.5 Å². The number of nitrogens with zero attached hydrogens (tertiary/aromatic N) is 6. The van der Waals surface area contributed by atoms with E-state index in [0.29, 0.717) is 0 Å². The second-order valence-electron chi connectivity index (χ2n) is 9.99. The molecule has 4 aromatic rings. The van der Waals surface area contributed by atoms with Crippen molar-refractivity contribution in [2.75, 3.05) is 18.9 Å². The molecule has 2 aliphatic heterocycles. The van der Waals surface area contributed by atoms with Crippen LogP contribution in [0, 0.1) is 0 Å². The number of aromatic amines is 2. The number of phosphoric acid groups is 2. The maximum absolute atomic E-state index is 13.2. The average Bonchev–Trinajstić information content (AvgIpc) is 3.72. The Morgan fingerprint density at radius 3 is 1.85 bits per heavy atom. The Balaban J connectivity index is 0.00000260. The van der Waals surface area contributed by atoms with Crippen molar-refractivity contribution < 1.29 is 121 Å². The standard InChI is InChI=1S/C20H25N9O15P2.2Na/c21-20-26-15-9(17(35)27-20)25-5-29(15)19-13(33)11(31)7(43-19)2-41-46(39,44-45(36,37)38)40-1-6-10(30)12(32)18(42-6)28-4-24-8-14(28)22-3-23-16(8)34;;/h3-7,10-13,18-19,30-33H,1-2H2,(H,22,23,34)(H2,36,37,38)(H3,21,26,27,35);;/q;2*+1/p-2/t6-,7-,10-,11-,12-,13-,18-,19-,46?;;/m1../s1. The third kappa shape index (κ3) is 7.72. The van der Waals surface area contributed by atoms with E-state index >= 15 is 0 Å². The summed E-state index contributed by atoms with van der Waals surface area (Å²) in [5, 5.41) is 42.3. The number of phosphoric ester groups is 1. The number of aliphatic hydroxyl groups is 4. The van der Waals surface area contributed by atoms with E-state index in [1.807, 2.05) is 0 Å². The third-order valence-corrected chi connectivity index (χ3v) is 9.56. The van der Waals surface area contributed by atoms with Crippen LogP contribution in [0.1, 0.15) is 12.5 Å². The Hall–Kier alpha value is -1.48. The number of hydrogen-bond acceptors (Lipinski definition) is 20. The van der Waals surface area contributed by atoms with Crippen LogP contribution in [0.25, 0.3) is 22.3 Å². The van der Waals surface area contributed by atoms with Crippen LogP contribution in [0.5, 0.6) is 0 Å². The molecule has 0 amide bonds. The summed E-state index contributed by atoms with van der Waals surface area (Å²) in [4.78, 5) is 67.0. The van der Waals surface area contributed by atoms with Crippen LogP contribution in [-0.4, -0.2) is 109 Å². The number of anilines is 1. The van der Waals surface area contributed by atoms with Crippen LogP contribution >= 0.6 is 15.6 Å². The molecule has 2 saturated heterocycles. The van der Waals surface area contributed by atoms with Crippen molar-refractivity contribution in [3.05, 3.63) is 39.7 Å². The molecule has 0 spiro atoms. The van der Waals surface area contributed by atoms with Crippen molar-refractivity contribution in [1.29, 1.82) is 0 Å². The zero-order valence-electron chi connectivity index (χ0n) is 24.7. The zero-order chi connectivity index (χ0) is 33.1. The summed E-state index contributed by atoms with van der Waals surface area (Å²) >= 11 is 0. The van der Waals surface area contributed by atoms with Gasteiger partial charge in [0.1, 0.15) is 36.6 Å². The van der Waals surface area contributed by atoms with Crippen molar-refractivity contribution in [3.8, 4) is 0 Å². The Kier molecular flexibility index (Phi) is 12.3. The van der Waals surface area contributed by atoms with E-state index in [1.54, 1.807) is 0 Å². The van der Waals surface area contributed by atoms with E-state index in [1.165, 1.54) is 0 Å². The number of hydrogen-bond donors (Lipinski definition) is 7. The van der Waals surface area contributed by atoms with Crippen LogP contribution in [-0.2, 0) is 32.0 Å². The molecule has 0 aliphatic carbocycles. The topological polar surface area (TPSA) is 360 Å². The largest absolute Gasteiger partial charge is 1.00 e. The van der Waals surface area contributed by atoms with E-state index in [4.69, 9.17) is 24.3 Å². The zero-order valence-corrected chi connectivity index (χ0v) is 30.5. The second kappa shape index (κ2) is 15.0. The number of rotatable bonds is 10. The van der Waals surface area contributed by atoms with Crippen LogP contribution in [0.4, 0.5) is 5.95 Å². The van der Waals surface area contributed by atoms with E-state index < -0.39 is 89.1 Å². The minimum absolute atomic E-state index is 0. The first-order chi connectivity index (χ1) is 21.7.